The molecule has 1 aliphatic heterocycles. The zero-order valence-electron chi connectivity index (χ0n) is 17.8. The quantitative estimate of drug-likeness (QED) is 0.241. The molecule has 0 aliphatic carbocycles. The Kier molecular flexibility index (Phi) is 9.93. The molecule has 3 rings (SSSR count). The highest BCUT2D eigenvalue weighted by Crippen LogP contribution is 2.21. The first-order valence-corrected chi connectivity index (χ1v) is 10.3. The molecule has 1 fully saturated rings. The van der Waals surface area contributed by atoms with E-state index in [0.29, 0.717) is 13.0 Å². The van der Waals surface area contributed by atoms with Crippen LogP contribution in [0.1, 0.15) is 24.8 Å². The molecule has 2 aromatic rings. The summed E-state index contributed by atoms with van der Waals surface area (Å²) in [4.78, 5) is 20.3. The molecule has 30 heavy (non-hydrogen) atoms. The largest absolute Gasteiger partial charge is 0.375 e. The fourth-order valence-electron chi connectivity index (χ4n) is 3.46. The van der Waals surface area contributed by atoms with E-state index >= 15 is 0 Å². The van der Waals surface area contributed by atoms with Crippen LogP contribution in [0.5, 0.6) is 0 Å². The number of carbonyl (C=O) groups is 1. The first-order chi connectivity index (χ1) is 14.2. The fourth-order valence-corrected chi connectivity index (χ4v) is 3.46. The molecule has 0 unspecified atom stereocenters. The van der Waals surface area contributed by atoms with Crippen molar-refractivity contribution < 1.29 is 4.79 Å². The highest BCUT2D eigenvalue weighted by molar-refractivity contribution is 14.0. The summed E-state index contributed by atoms with van der Waals surface area (Å²) in [5.41, 5.74) is 3.38. The number of rotatable bonds is 8. The fraction of sp³-hybridized carbons (Fsp3) is 0.391. The Hall–Kier alpha value is -2.29. The summed E-state index contributed by atoms with van der Waals surface area (Å²) in [6.07, 6.45) is 2.63. The van der Waals surface area contributed by atoms with Crippen LogP contribution in [0.2, 0.25) is 0 Å². The van der Waals surface area contributed by atoms with Gasteiger partial charge in [-0.1, -0.05) is 30.3 Å². The van der Waals surface area contributed by atoms with Gasteiger partial charge in [-0.05, 0) is 42.7 Å². The summed E-state index contributed by atoms with van der Waals surface area (Å²) < 4.78 is 0. The third kappa shape index (κ3) is 6.90. The first kappa shape index (κ1) is 24.0. The molecule has 0 radical (unpaired) electrons. The van der Waals surface area contributed by atoms with Crippen LogP contribution in [0.3, 0.4) is 0 Å². The van der Waals surface area contributed by atoms with Gasteiger partial charge in [-0.15, -0.1) is 24.0 Å². The van der Waals surface area contributed by atoms with Crippen molar-refractivity contribution >= 4 is 47.2 Å². The topological polar surface area (TPSA) is 60.0 Å². The average Bonchev–Trinajstić information content (AvgIpc) is 3.20. The number of benzene rings is 2. The Morgan fingerprint density at radius 2 is 1.83 bits per heavy atom. The number of amides is 1. The third-order valence-corrected chi connectivity index (χ3v) is 5.16. The molecule has 0 saturated carbocycles. The van der Waals surface area contributed by atoms with Crippen LogP contribution in [-0.2, 0) is 11.3 Å². The van der Waals surface area contributed by atoms with E-state index in [9.17, 15) is 4.79 Å². The van der Waals surface area contributed by atoms with Crippen LogP contribution in [0.4, 0.5) is 11.4 Å². The van der Waals surface area contributed by atoms with Gasteiger partial charge in [0.15, 0.2) is 5.96 Å². The number of para-hydroxylation sites is 1. The van der Waals surface area contributed by atoms with Crippen LogP contribution < -0.4 is 20.4 Å². The molecule has 1 saturated heterocycles. The summed E-state index contributed by atoms with van der Waals surface area (Å²) in [6.45, 7) is 3.35. The number of nitrogens with one attached hydrogen (secondary N) is 2. The van der Waals surface area contributed by atoms with Gasteiger partial charge in [0.25, 0.3) is 0 Å². The van der Waals surface area contributed by atoms with Gasteiger partial charge in [-0.25, -0.2) is 0 Å². The molecule has 1 amide bonds. The van der Waals surface area contributed by atoms with Gasteiger partial charge in [-0.2, -0.15) is 0 Å². The van der Waals surface area contributed by atoms with Crippen LogP contribution in [-0.4, -0.2) is 45.6 Å². The zero-order chi connectivity index (χ0) is 20.5. The lowest BCUT2D eigenvalue weighted by atomic mass is 10.2. The van der Waals surface area contributed by atoms with E-state index < -0.39 is 0 Å². The van der Waals surface area contributed by atoms with Gasteiger partial charge in [0, 0.05) is 58.1 Å². The summed E-state index contributed by atoms with van der Waals surface area (Å²) in [5, 5.41) is 6.72. The summed E-state index contributed by atoms with van der Waals surface area (Å²) in [5.74, 6) is 1.02. The van der Waals surface area contributed by atoms with Crippen molar-refractivity contribution in [2.24, 2.45) is 4.99 Å². The van der Waals surface area contributed by atoms with E-state index in [0.717, 1.165) is 49.7 Å². The summed E-state index contributed by atoms with van der Waals surface area (Å²) in [6, 6.07) is 18.6. The standard InChI is InChI=1S/C23H31N5O.HI/c1-24-23(25-15-7-16-27(2)20-8-4-3-5-9-20)26-18-19-11-13-21(14-12-19)28-17-6-10-22(28)29;/h3-5,8-9,11-14H,6-7,10,15-18H2,1-2H3,(H2,24,25,26);1H. The lowest BCUT2D eigenvalue weighted by Crippen LogP contribution is -2.38. The second-order valence-corrected chi connectivity index (χ2v) is 7.28. The number of anilines is 2. The van der Waals surface area contributed by atoms with Crippen LogP contribution in [0, 0.1) is 0 Å². The second kappa shape index (κ2) is 12.4. The summed E-state index contributed by atoms with van der Waals surface area (Å²) in [7, 11) is 3.90. The van der Waals surface area contributed by atoms with Crippen molar-refractivity contribution in [1.29, 1.82) is 0 Å². The number of halogens is 1. The van der Waals surface area contributed by atoms with Crippen molar-refractivity contribution in [3.63, 3.8) is 0 Å². The van der Waals surface area contributed by atoms with Gasteiger partial charge >= 0.3 is 0 Å². The molecule has 162 valence electrons. The minimum absolute atomic E-state index is 0. The molecule has 2 N–H and O–H groups in total. The molecule has 0 spiro atoms. The molecule has 7 heteroatoms. The van der Waals surface area contributed by atoms with E-state index in [2.05, 4.69) is 64.0 Å². The smallest absolute Gasteiger partial charge is 0.227 e. The van der Waals surface area contributed by atoms with E-state index in [1.165, 1.54) is 5.69 Å². The van der Waals surface area contributed by atoms with Gasteiger partial charge in [0.05, 0.1) is 0 Å². The maximum absolute atomic E-state index is 11.8. The van der Waals surface area contributed by atoms with Crippen molar-refractivity contribution in [2.75, 3.05) is 43.5 Å². The van der Waals surface area contributed by atoms with E-state index in [1.54, 1.807) is 7.05 Å². The first-order valence-electron chi connectivity index (χ1n) is 10.3. The number of guanidine groups is 1. The lowest BCUT2D eigenvalue weighted by molar-refractivity contribution is -0.117. The van der Waals surface area contributed by atoms with Gasteiger partial charge in [0.2, 0.25) is 5.91 Å². The maximum Gasteiger partial charge on any atom is 0.227 e. The monoisotopic (exact) mass is 521 g/mol. The molecule has 1 heterocycles. The summed E-state index contributed by atoms with van der Waals surface area (Å²) >= 11 is 0. The number of nitrogens with zero attached hydrogens (tertiary/aromatic N) is 3. The minimum Gasteiger partial charge on any atom is -0.375 e. The number of aliphatic imine (C=N–C) groups is 1. The second-order valence-electron chi connectivity index (χ2n) is 7.28. The molecule has 6 nitrogen and oxygen atoms in total. The van der Waals surface area contributed by atoms with Crippen molar-refractivity contribution in [3.05, 3.63) is 60.2 Å². The predicted molar refractivity (Wildman–Crippen MR) is 136 cm³/mol. The van der Waals surface area contributed by atoms with Gasteiger partial charge in [-0.3, -0.25) is 9.79 Å². The number of hydrogen-bond donors (Lipinski definition) is 2. The average molecular weight is 521 g/mol. The molecule has 2 aromatic carbocycles. The number of hydrogen-bond acceptors (Lipinski definition) is 3. The third-order valence-electron chi connectivity index (χ3n) is 5.16. The van der Waals surface area contributed by atoms with Gasteiger partial charge < -0.3 is 20.4 Å². The van der Waals surface area contributed by atoms with Crippen LogP contribution in [0.25, 0.3) is 0 Å². The Bertz CT molecular complexity index is 810. The van der Waals surface area contributed by atoms with Crippen LogP contribution in [0.15, 0.2) is 59.6 Å². The van der Waals surface area contributed by atoms with E-state index in [-0.39, 0.29) is 29.9 Å². The minimum atomic E-state index is 0. The van der Waals surface area contributed by atoms with Crippen molar-refractivity contribution in [3.8, 4) is 0 Å². The normalized spacial score (nSPS) is 13.7. The van der Waals surface area contributed by atoms with Crippen molar-refractivity contribution in [2.45, 2.75) is 25.8 Å². The Morgan fingerprint density at radius 1 is 1.10 bits per heavy atom. The Balaban J connectivity index is 0.00000320. The highest BCUT2D eigenvalue weighted by atomic mass is 127. The SMILES string of the molecule is CN=C(NCCCN(C)c1ccccc1)NCc1ccc(N2CCCC2=O)cc1.I. The van der Waals surface area contributed by atoms with Crippen molar-refractivity contribution in [1.82, 2.24) is 10.6 Å². The molecule has 1 aliphatic rings. The molecule has 0 bridgehead atoms. The van der Waals surface area contributed by atoms with Crippen LogP contribution >= 0.6 is 24.0 Å². The molecule has 0 atom stereocenters. The molecule has 0 aromatic heterocycles. The highest BCUT2D eigenvalue weighted by Gasteiger charge is 2.21. The maximum atomic E-state index is 11.8. The van der Waals surface area contributed by atoms with E-state index in [4.69, 9.17) is 0 Å². The Morgan fingerprint density at radius 3 is 2.47 bits per heavy atom. The lowest BCUT2D eigenvalue weighted by Gasteiger charge is -2.19. The molecular weight excluding hydrogens is 489 g/mol. The number of carbonyl (C=O) groups excluding carboxylic acids is 1. The zero-order valence-corrected chi connectivity index (χ0v) is 20.1. The van der Waals surface area contributed by atoms with E-state index in [1.807, 2.05) is 23.1 Å². The Labute approximate surface area is 196 Å². The van der Waals surface area contributed by atoms with Gasteiger partial charge in [0.1, 0.15) is 0 Å². The predicted octanol–water partition coefficient (Wildman–Crippen LogP) is 3.62. The molecular formula is C23H32IN5O.